The Labute approximate surface area is 137 Å². The van der Waals surface area contributed by atoms with E-state index in [0.29, 0.717) is 11.3 Å². The zero-order valence-electron chi connectivity index (χ0n) is 13.1. The predicted molar refractivity (Wildman–Crippen MR) is 88.0 cm³/mol. The van der Waals surface area contributed by atoms with Crippen molar-refractivity contribution in [3.05, 3.63) is 33.9 Å². The summed E-state index contributed by atoms with van der Waals surface area (Å²) >= 11 is 0. The molecule has 11 nitrogen and oxygen atoms in total. The first-order valence-corrected chi connectivity index (χ1v) is 7.35. The van der Waals surface area contributed by atoms with E-state index in [-0.39, 0.29) is 16.6 Å². The summed E-state index contributed by atoms with van der Waals surface area (Å²) in [4.78, 5) is 16.3. The summed E-state index contributed by atoms with van der Waals surface area (Å²) < 4.78 is 0. The summed E-state index contributed by atoms with van der Waals surface area (Å²) in [6.07, 6.45) is 1.42. The molecule has 1 saturated heterocycles. The lowest BCUT2D eigenvalue weighted by Gasteiger charge is -2.33. The van der Waals surface area contributed by atoms with Crippen LogP contribution in [0.15, 0.2) is 23.3 Å². The van der Waals surface area contributed by atoms with E-state index in [2.05, 4.69) is 25.5 Å². The lowest BCUT2D eigenvalue weighted by atomic mass is 10.1. The minimum atomic E-state index is -0.379. The smallest absolute Gasteiger partial charge is 0.293 e. The third kappa shape index (κ3) is 3.30. The topological polar surface area (TPSA) is 132 Å². The van der Waals surface area contributed by atoms with Crippen LogP contribution in [0, 0.1) is 10.1 Å². The second-order valence-electron chi connectivity index (χ2n) is 5.47. The molecule has 1 aliphatic rings. The van der Waals surface area contributed by atoms with Gasteiger partial charge >= 0.3 is 0 Å². The predicted octanol–water partition coefficient (Wildman–Crippen LogP) is -0.202. The van der Waals surface area contributed by atoms with Gasteiger partial charge in [-0.1, -0.05) is 16.0 Å². The second-order valence-corrected chi connectivity index (χ2v) is 5.47. The van der Waals surface area contributed by atoms with Gasteiger partial charge < -0.3 is 15.5 Å². The summed E-state index contributed by atoms with van der Waals surface area (Å²) in [5.74, 6) is 0.0369. The molecule has 0 atom stereocenters. The molecule has 2 N–H and O–H groups in total. The number of aromatic nitrogens is 4. The number of nitro groups is 1. The first kappa shape index (κ1) is 15.8. The fourth-order valence-corrected chi connectivity index (χ4v) is 2.47. The maximum atomic E-state index is 11.4. The van der Waals surface area contributed by atoms with Gasteiger partial charge in [0.1, 0.15) is 5.69 Å². The van der Waals surface area contributed by atoms with Crippen molar-refractivity contribution in [2.24, 2.45) is 5.10 Å². The zero-order valence-corrected chi connectivity index (χ0v) is 13.1. The fourth-order valence-electron chi connectivity index (χ4n) is 2.47. The number of nitrogens with zero attached hydrogens (tertiary/aromatic N) is 8. The van der Waals surface area contributed by atoms with Crippen molar-refractivity contribution in [2.45, 2.75) is 0 Å². The number of anilines is 2. The summed E-state index contributed by atoms with van der Waals surface area (Å²) in [5, 5.41) is 25.9. The van der Waals surface area contributed by atoms with E-state index in [0.717, 1.165) is 31.0 Å². The molecule has 2 aromatic rings. The van der Waals surface area contributed by atoms with E-state index in [1.165, 1.54) is 12.3 Å². The second kappa shape index (κ2) is 6.58. The number of hydrogen-bond donors (Lipinski definition) is 1. The van der Waals surface area contributed by atoms with E-state index in [4.69, 9.17) is 5.73 Å². The van der Waals surface area contributed by atoms with Crippen LogP contribution in [-0.2, 0) is 0 Å². The van der Waals surface area contributed by atoms with Crippen molar-refractivity contribution in [1.82, 2.24) is 25.2 Å². The van der Waals surface area contributed by atoms with Crippen LogP contribution in [0.2, 0.25) is 0 Å². The third-order valence-electron chi connectivity index (χ3n) is 3.83. The minimum Gasteiger partial charge on any atom is -0.365 e. The fraction of sp³-hybridized carbons (Fsp3) is 0.385. The lowest BCUT2D eigenvalue weighted by molar-refractivity contribution is -0.384. The molecule has 1 aliphatic heterocycles. The van der Waals surface area contributed by atoms with Gasteiger partial charge in [0, 0.05) is 37.8 Å². The molecule has 11 heteroatoms. The normalized spacial score (nSPS) is 16.0. The molecule has 0 amide bonds. The maximum Gasteiger partial charge on any atom is 0.293 e. The summed E-state index contributed by atoms with van der Waals surface area (Å²) in [5.41, 5.74) is 6.74. The average Bonchev–Trinajstić information content (AvgIpc) is 2.98. The Balaban J connectivity index is 1.86. The molecule has 1 aromatic carbocycles. The van der Waals surface area contributed by atoms with Gasteiger partial charge in [0.2, 0.25) is 0 Å². The molecular formula is C13H17N9O2. The average molecular weight is 331 g/mol. The SMILES string of the molecule is CN1CCN(c2ccc(C=Nn3nnnc3N)cc2[N+](=O)[O-])CC1. The molecular weight excluding hydrogens is 314 g/mol. The van der Waals surface area contributed by atoms with Crippen LogP contribution in [0.25, 0.3) is 0 Å². The number of tetrazole rings is 1. The van der Waals surface area contributed by atoms with Crippen LogP contribution in [0.5, 0.6) is 0 Å². The van der Waals surface area contributed by atoms with Gasteiger partial charge in [-0.25, -0.2) is 0 Å². The number of nitrogens with two attached hydrogens (primary N) is 1. The van der Waals surface area contributed by atoms with Crippen LogP contribution >= 0.6 is 0 Å². The Morgan fingerprint density at radius 3 is 2.71 bits per heavy atom. The van der Waals surface area contributed by atoms with Gasteiger partial charge in [0.05, 0.1) is 11.1 Å². The number of piperazine rings is 1. The van der Waals surface area contributed by atoms with Crippen LogP contribution in [0.3, 0.4) is 0 Å². The Morgan fingerprint density at radius 1 is 1.33 bits per heavy atom. The Hall–Kier alpha value is -3.08. The van der Waals surface area contributed by atoms with E-state index in [1.54, 1.807) is 12.1 Å². The van der Waals surface area contributed by atoms with E-state index in [1.807, 2.05) is 11.9 Å². The zero-order chi connectivity index (χ0) is 17.1. The molecule has 0 saturated carbocycles. The molecule has 0 unspecified atom stereocenters. The molecule has 3 rings (SSSR count). The number of nitrogen functional groups attached to an aromatic ring is 1. The Kier molecular flexibility index (Phi) is 4.33. The number of nitro benzene ring substituents is 1. The number of rotatable bonds is 4. The van der Waals surface area contributed by atoms with Gasteiger partial charge in [-0.2, -0.15) is 5.10 Å². The lowest BCUT2D eigenvalue weighted by Crippen LogP contribution is -2.44. The molecule has 1 fully saturated rings. The standard InChI is InChI=1S/C13H17N9O2/c1-19-4-6-20(7-5-19)11-3-2-10(8-12(11)22(23)24)9-15-21-13(14)16-17-18-21/h2-3,8-9H,4-7H2,1H3,(H2,14,16,18). The highest BCUT2D eigenvalue weighted by atomic mass is 16.6. The number of likely N-dealkylation sites (N-methyl/N-ethyl adjacent to an activating group) is 1. The van der Waals surface area contributed by atoms with Gasteiger partial charge in [0.15, 0.2) is 0 Å². The highest BCUT2D eigenvalue weighted by Crippen LogP contribution is 2.29. The monoisotopic (exact) mass is 331 g/mol. The minimum absolute atomic E-state index is 0.0369. The highest BCUT2D eigenvalue weighted by Gasteiger charge is 2.22. The van der Waals surface area contributed by atoms with Crippen LogP contribution in [0.1, 0.15) is 5.56 Å². The molecule has 24 heavy (non-hydrogen) atoms. The van der Waals surface area contributed by atoms with E-state index in [9.17, 15) is 10.1 Å². The van der Waals surface area contributed by atoms with E-state index < -0.39 is 0 Å². The molecule has 1 aromatic heterocycles. The van der Waals surface area contributed by atoms with Crippen molar-refractivity contribution in [3.63, 3.8) is 0 Å². The van der Waals surface area contributed by atoms with Crippen molar-refractivity contribution < 1.29 is 4.92 Å². The first-order chi connectivity index (χ1) is 11.5. The number of hydrogen-bond acceptors (Lipinski definition) is 9. The summed E-state index contributed by atoms with van der Waals surface area (Å²) in [6.45, 7) is 3.26. The molecule has 0 aliphatic carbocycles. The molecule has 126 valence electrons. The van der Waals surface area contributed by atoms with Crippen molar-refractivity contribution in [1.29, 1.82) is 0 Å². The Morgan fingerprint density at radius 2 is 2.08 bits per heavy atom. The van der Waals surface area contributed by atoms with Gasteiger partial charge in [-0.05, 0) is 23.5 Å². The van der Waals surface area contributed by atoms with Crippen LogP contribution in [0.4, 0.5) is 17.3 Å². The van der Waals surface area contributed by atoms with Crippen LogP contribution in [-0.4, -0.2) is 69.6 Å². The summed E-state index contributed by atoms with van der Waals surface area (Å²) in [7, 11) is 2.04. The third-order valence-corrected chi connectivity index (χ3v) is 3.83. The van der Waals surface area contributed by atoms with Gasteiger partial charge in [-0.15, -0.1) is 0 Å². The summed E-state index contributed by atoms with van der Waals surface area (Å²) in [6, 6.07) is 5.00. The first-order valence-electron chi connectivity index (χ1n) is 7.35. The van der Waals surface area contributed by atoms with Crippen molar-refractivity contribution in [2.75, 3.05) is 43.9 Å². The molecule has 0 radical (unpaired) electrons. The Bertz CT molecular complexity index is 765. The van der Waals surface area contributed by atoms with Gasteiger partial charge in [0.25, 0.3) is 11.6 Å². The van der Waals surface area contributed by atoms with Crippen molar-refractivity contribution >= 4 is 23.5 Å². The highest BCUT2D eigenvalue weighted by molar-refractivity contribution is 5.83. The maximum absolute atomic E-state index is 11.4. The molecule has 0 bridgehead atoms. The molecule has 2 heterocycles. The quantitative estimate of drug-likeness (QED) is 0.463. The van der Waals surface area contributed by atoms with E-state index >= 15 is 0 Å². The number of benzene rings is 1. The van der Waals surface area contributed by atoms with Gasteiger partial charge in [-0.3, -0.25) is 10.1 Å². The van der Waals surface area contributed by atoms with Crippen LogP contribution < -0.4 is 10.6 Å². The largest absolute Gasteiger partial charge is 0.365 e. The van der Waals surface area contributed by atoms with Crippen molar-refractivity contribution in [3.8, 4) is 0 Å². The molecule has 0 spiro atoms.